The Hall–Kier alpha value is -0.340. The van der Waals surface area contributed by atoms with Crippen LogP contribution in [0.2, 0.25) is 0 Å². The summed E-state index contributed by atoms with van der Waals surface area (Å²) in [5.74, 6) is 0. The molecule has 0 spiro atoms. The maximum absolute atomic E-state index is 3.69. The number of hydrogen-bond donors (Lipinski definition) is 1. The number of piperidine rings is 1. The second-order valence-electron chi connectivity index (χ2n) is 4.36. The lowest BCUT2D eigenvalue weighted by molar-refractivity contribution is 0.296. The molecule has 82 valence electrons. The Morgan fingerprint density at radius 3 is 2.53 bits per heavy atom. The lowest BCUT2D eigenvalue weighted by Gasteiger charge is -2.38. The van der Waals surface area contributed by atoms with Gasteiger partial charge in [0.1, 0.15) is 0 Å². The lowest BCUT2D eigenvalue weighted by Crippen LogP contribution is -2.39. The molecule has 1 fully saturated rings. The second kappa shape index (κ2) is 4.67. The van der Waals surface area contributed by atoms with Crippen molar-refractivity contribution >= 4 is 15.9 Å². The van der Waals surface area contributed by atoms with E-state index in [2.05, 4.69) is 52.4 Å². The first-order chi connectivity index (χ1) is 7.28. The van der Waals surface area contributed by atoms with Crippen LogP contribution in [0.1, 0.15) is 31.7 Å². The van der Waals surface area contributed by atoms with Crippen molar-refractivity contribution in [3.8, 4) is 0 Å². The van der Waals surface area contributed by atoms with E-state index in [1.807, 2.05) is 0 Å². The van der Waals surface area contributed by atoms with Gasteiger partial charge in [0.2, 0.25) is 0 Å². The van der Waals surface area contributed by atoms with Gasteiger partial charge < -0.3 is 5.32 Å². The molecule has 0 unspecified atom stereocenters. The van der Waals surface area contributed by atoms with E-state index >= 15 is 0 Å². The van der Waals surface area contributed by atoms with Crippen LogP contribution in [-0.2, 0) is 5.41 Å². The first-order valence-electron chi connectivity index (χ1n) is 5.74. The van der Waals surface area contributed by atoms with E-state index in [0.29, 0.717) is 5.41 Å². The molecule has 0 amide bonds. The molecule has 1 saturated heterocycles. The molecule has 0 atom stereocenters. The van der Waals surface area contributed by atoms with E-state index in [-0.39, 0.29) is 0 Å². The van der Waals surface area contributed by atoms with Crippen molar-refractivity contribution in [1.29, 1.82) is 0 Å². The molecular formula is C13H18BrN. The largest absolute Gasteiger partial charge is 0.317 e. The first kappa shape index (κ1) is 11.2. The van der Waals surface area contributed by atoms with Crippen LogP contribution >= 0.6 is 15.9 Å². The fraction of sp³-hybridized carbons (Fsp3) is 0.538. The van der Waals surface area contributed by atoms with Gasteiger partial charge in [-0.05, 0) is 49.4 Å². The summed E-state index contributed by atoms with van der Waals surface area (Å²) in [6.07, 6.45) is 3.75. The third kappa shape index (κ3) is 2.11. The summed E-state index contributed by atoms with van der Waals surface area (Å²) in [7, 11) is 0. The number of benzene rings is 1. The molecule has 1 aromatic rings. The minimum atomic E-state index is 0.394. The van der Waals surface area contributed by atoms with E-state index in [4.69, 9.17) is 0 Å². The first-order valence-corrected chi connectivity index (χ1v) is 6.53. The minimum Gasteiger partial charge on any atom is -0.317 e. The van der Waals surface area contributed by atoms with Gasteiger partial charge in [-0.25, -0.2) is 0 Å². The van der Waals surface area contributed by atoms with Gasteiger partial charge in [-0.2, -0.15) is 0 Å². The molecule has 0 bridgehead atoms. The maximum Gasteiger partial charge on any atom is 0.0212 e. The highest BCUT2D eigenvalue weighted by Crippen LogP contribution is 2.40. The Bertz CT molecular complexity index is 329. The summed E-state index contributed by atoms with van der Waals surface area (Å²) in [5.41, 5.74) is 1.89. The molecule has 0 aliphatic carbocycles. The molecule has 0 radical (unpaired) electrons. The third-order valence-corrected chi connectivity index (χ3v) is 4.37. The molecule has 15 heavy (non-hydrogen) atoms. The average Bonchev–Trinajstić information content (AvgIpc) is 2.30. The molecule has 1 nitrogen and oxygen atoms in total. The van der Waals surface area contributed by atoms with Crippen LogP contribution in [0.5, 0.6) is 0 Å². The Kier molecular flexibility index (Phi) is 3.47. The van der Waals surface area contributed by atoms with Crippen molar-refractivity contribution in [1.82, 2.24) is 5.32 Å². The minimum absolute atomic E-state index is 0.394. The van der Waals surface area contributed by atoms with Crippen molar-refractivity contribution < 1.29 is 0 Å². The Morgan fingerprint density at radius 2 is 1.93 bits per heavy atom. The van der Waals surface area contributed by atoms with E-state index < -0.39 is 0 Å². The summed E-state index contributed by atoms with van der Waals surface area (Å²) in [6, 6.07) is 8.69. The van der Waals surface area contributed by atoms with Crippen LogP contribution in [0, 0.1) is 0 Å². The highest BCUT2D eigenvalue weighted by Gasteiger charge is 2.33. The summed E-state index contributed by atoms with van der Waals surface area (Å²) >= 11 is 3.69. The van der Waals surface area contributed by atoms with Gasteiger partial charge in [0.05, 0.1) is 0 Å². The van der Waals surface area contributed by atoms with Gasteiger partial charge in [-0.15, -0.1) is 0 Å². The van der Waals surface area contributed by atoms with Crippen LogP contribution in [0.3, 0.4) is 0 Å². The van der Waals surface area contributed by atoms with E-state index in [9.17, 15) is 0 Å². The van der Waals surface area contributed by atoms with Gasteiger partial charge in [0.15, 0.2) is 0 Å². The zero-order valence-electron chi connectivity index (χ0n) is 9.22. The van der Waals surface area contributed by atoms with Crippen molar-refractivity contribution in [3.63, 3.8) is 0 Å². The van der Waals surface area contributed by atoms with Crippen LogP contribution in [-0.4, -0.2) is 13.1 Å². The smallest absolute Gasteiger partial charge is 0.0212 e. The summed E-state index contributed by atoms with van der Waals surface area (Å²) in [6.45, 7) is 4.61. The van der Waals surface area contributed by atoms with Gasteiger partial charge in [-0.3, -0.25) is 0 Å². The van der Waals surface area contributed by atoms with Gasteiger partial charge in [0.25, 0.3) is 0 Å². The summed E-state index contributed by atoms with van der Waals surface area (Å²) in [5, 5.41) is 3.45. The number of hydrogen-bond acceptors (Lipinski definition) is 1. The van der Waals surface area contributed by atoms with Crippen LogP contribution in [0.25, 0.3) is 0 Å². The van der Waals surface area contributed by atoms with Gasteiger partial charge >= 0.3 is 0 Å². The molecule has 1 aliphatic heterocycles. The molecule has 1 aliphatic rings. The quantitative estimate of drug-likeness (QED) is 0.865. The number of halogens is 1. The maximum atomic E-state index is 3.69. The predicted octanol–water partition coefficient (Wildman–Crippen LogP) is 3.48. The molecular weight excluding hydrogens is 250 g/mol. The summed E-state index contributed by atoms with van der Waals surface area (Å²) in [4.78, 5) is 0. The summed E-state index contributed by atoms with van der Waals surface area (Å²) < 4.78 is 1.27. The van der Waals surface area contributed by atoms with Gasteiger partial charge in [-0.1, -0.05) is 41.1 Å². The zero-order valence-corrected chi connectivity index (χ0v) is 10.8. The Labute approximate surface area is 100 Å². The average molecular weight is 268 g/mol. The van der Waals surface area contributed by atoms with Crippen molar-refractivity contribution in [3.05, 3.63) is 34.3 Å². The van der Waals surface area contributed by atoms with E-state index in [1.54, 1.807) is 0 Å². The fourth-order valence-electron chi connectivity index (χ4n) is 2.61. The third-order valence-electron chi connectivity index (χ3n) is 3.68. The highest BCUT2D eigenvalue weighted by molar-refractivity contribution is 9.10. The predicted molar refractivity (Wildman–Crippen MR) is 68.2 cm³/mol. The number of rotatable bonds is 2. The fourth-order valence-corrected chi connectivity index (χ4v) is 3.32. The number of nitrogens with one attached hydrogen (secondary N) is 1. The monoisotopic (exact) mass is 267 g/mol. The second-order valence-corrected chi connectivity index (χ2v) is 5.22. The molecule has 1 aromatic carbocycles. The van der Waals surface area contributed by atoms with Crippen molar-refractivity contribution in [2.75, 3.05) is 13.1 Å². The van der Waals surface area contributed by atoms with Crippen molar-refractivity contribution in [2.24, 2.45) is 0 Å². The normalized spacial score (nSPS) is 20.1. The SMILES string of the molecule is CCC1(c2ccccc2Br)CCNCC1. The standard InChI is InChI=1S/C13H18BrN/c1-2-13(7-9-15-10-8-13)11-5-3-4-6-12(11)14/h3-6,15H,2,7-10H2,1H3. The lowest BCUT2D eigenvalue weighted by atomic mass is 9.71. The van der Waals surface area contributed by atoms with Crippen LogP contribution < -0.4 is 5.32 Å². The Balaban J connectivity index is 2.36. The van der Waals surface area contributed by atoms with Crippen LogP contribution in [0.15, 0.2) is 28.7 Å². The Morgan fingerprint density at radius 1 is 1.27 bits per heavy atom. The molecule has 2 rings (SSSR count). The molecule has 2 heteroatoms. The molecule has 1 N–H and O–H groups in total. The van der Waals surface area contributed by atoms with E-state index in [0.717, 1.165) is 13.1 Å². The zero-order chi connectivity index (χ0) is 10.7. The topological polar surface area (TPSA) is 12.0 Å². The van der Waals surface area contributed by atoms with E-state index in [1.165, 1.54) is 29.3 Å². The van der Waals surface area contributed by atoms with Gasteiger partial charge in [0, 0.05) is 4.47 Å². The van der Waals surface area contributed by atoms with Crippen LogP contribution in [0.4, 0.5) is 0 Å². The van der Waals surface area contributed by atoms with Crippen molar-refractivity contribution in [2.45, 2.75) is 31.6 Å². The molecule has 1 heterocycles. The molecule has 0 saturated carbocycles. The molecule has 0 aromatic heterocycles. The highest BCUT2D eigenvalue weighted by atomic mass is 79.9.